The number of amides is 1. The Morgan fingerprint density at radius 2 is 2.20 bits per heavy atom. The highest BCUT2D eigenvalue weighted by Gasteiger charge is 2.04. The van der Waals surface area contributed by atoms with E-state index in [0.717, 1.165) is 0 Å². The molecule has 1 aromatic rings. The highest BCUT2D eigenvalue weighted by molar-refractivity contribution is 6.30. The molecular weight excluding hydrogens is 237 g/mol. The summed E-state index contributed by atoms with van der Waals surface area (Å²) in [6.45, 7) is 0.252. The smallest absolute Gasteiger partial charge is 0.221 e. The molecule has 0 radical (unpaired) electrons. The Morgan fingerprint density at radius 1 is 1.47 bits per heavy atom. The number of phenolic OH excluding ortho intramolecular Hbond substituents is 1. The lowest BCUT2D eigenvalue weighted by Gasteiger charge is -2.06. The number of nitrogens with one attached hydrogen (secondary N) is 1. The molecule has 0 aromatic heterocycles. The summed E-state index contributed by atoms with van der Waals surface area (Å²) in [5.41, 5.74) is 0.588. The van der Waals surface area contributed by atoms with E-state index < -0.39 is 0 Å². The van der Waals surface area contributed by atoms with E-state index in [1.165, 1.54) is 6.07 Å². The number of hydrogen-bond donors (Lipinski definition) is 2. The molecule has 0 atom stereocenters. The molecule has 0 heterocycles. The fourth-order valence-electron chi connectivity index (χ4n) is 1.06. The molecule has 3 nitrogen and oxygen atoms in total. The Hall–Kier alpha value is -0.930. The van der Waals surface area contributed by atoms with Gasteiger partial charge in [-0.3, -0.25) is 4.79 Å². The van der Waals surface area contributed by atoms with Gasteiger partial charge in [-0.25, -0.2) is 0 Å². The van der Waals surface area contributed by atoms with Crippen LogP contribution in [0.3, 0.4) is 0 Å². The van der Waals surface area contributed by atoms with Crippen molar-refractivity contribution < 1.29 is 9.90 Å². The SMILES string of the molecule is O=C(CCCl)NCc1cc(Cl)ccc1O. The van der Waals surface area contributed by atoms with E-state index in [1.807, 2.05) is 0 Å². The van der Waals surface area contributed by atoms with Crippen LogP contribution in [-0.4, -0.2) is 16.9 Å². The summed E-state index contributed by atoms with van der Waals surface area (Å²) >= 11 is 11.2. The van der Waals surface area contributed by atoms with Crippen LogP contribution in [0, 0.1) is 0 Å². The minimum Gasteiger partial charge on any atom is -0.508 e. The number of phenols is 1. The zero-order valence-corrected chi connectivity index (χ0v) is 9.48. The molecule has 0 aliphatic rings. The second-order valence-electron chi connectivity index (χ2n) is 2.99. The predicted octanol–water partition coefficient (Wildman–Crippen LogP) is 2.29. The van der Waals surface area contributed by atoms with Crippen LogP contribution in [0.25, 0.3) is 0 Å². The summed E-state index contributed by atoms with van der Waals surface area (Å²) in [6, 6.07) is 4.68. The molecule has 0 fully saturated rings. The molecule has 1 amide bonds. The Bertz CT molecular complexity index is 355. The van der Waals surface area contributed by atoms with Gasteiger partial charge in [0.2, 0.25) is 5.91 Å². The first-order valence-electron chi connectivity index (χ1n) is 4.43. The van der Waals surface area contributed by atoms with Crippen LogP contribution in [0.15, 0.2) is 18.2 Å². The van der Waals surface area contributed by atoms with Crippen LogP contribution < -0.4 is 5.32 Å². The van der Waals surface area contributed by atoms with Crippen molar-refractivity contribution in [2.75, 3.05) is 5.88 Å². The highest BCUT2D eigenvalue weighted by atomic mass is 35.5. The lowest BCUT2D eigenvalue weighted by Crippen LogP contribution is -2.22. The zero-order chi connectivity index (χ0) is 11.3. The first-order valence-corrected chi connectivity index (χ1v) is 5.35. The Balaban J connectivity index is 2.57. The third-order valence-corrected chi connectivity index (χ3v) is 2.26. The Kier molecular flexibility index (Phi) is 4.72. The lowest BCUT2D eigenvalue weighted by atomic mass is 10.2. The normalized spacial score (nSPS) is 10.0. The number of aromatic hydroxyl groups is 1. The maximum absolute atomic E-state index is 11.1. The van der Waals surface area contributed by atoms with Crippen molar-refractivity contribution in [3.8, 4) is 5.75 Å². The molecule has 0 saturated carbocycles. The van der Waals surface area contributed by atoms with Gasteiger partial charge in [0.25, 0.3) is 0 Å². The molecule has 0 saturated heterocycles. The average Bonchev–Trinajstić information content (AvgIpc) is 2.20. The van der Waals surface area contributed by atoms with E-state index in [1.54, 1.807) is 12.1 Å². The largest absolute Gasteiger partial charge is 0.508 e. The van der Waals surface area contributed by atoms with E-state index in [4.69, 9.17) is 23.2 Å². The van der Waals surface area contributed by atoms with Gasteiger partial charge in [-0.1, -0.05) is 11.6 Å². The van der Waals surface area contributed by atoms with Crippen molar-refractivity contribution in [2.24, 2.45) is 0 Å². The monoisotopic (exact) mass is 247 g/mol. The van der Waals surface area contributed by atoms with Crippen LogP contribution in [0.2, 0.25) is 5.02 Å². The number of rotatable bonds is 4. The molecule has 82 valence electrons. The van der Waals surface area contributed by atoms with Crippen molar-refractivity contribution in [1.29, 1.82) is 0 Å². The van der Waals surface area contributed by atoms with Crippen molar-refractivity contribution in [1.82, 2.24) is 5.32 Å². The number of benzene rings is 1. The fraction of sp³-hybridized carbons (Fsp3) is 0.300. The second kappa shape index (κ2) is 5.83. The van der Waals surface area contributed by atoms with Crippen molar-refractivity contribution in [3.63, 3.8) is 0 Å². The van der Waals surface area contributed by atoms with Crippen LogP contribution in [0.1, 0.15) is 12.0 Å². The third-order valence-electron chi connectivity index (χ3n) is 1.84. The topological polar surface area (TPSA) is 49.3 Å². The van der Waals surface area contributed by atoms with Gasteiger partial charge < -0.3 is 10.4 Å². The molecular formula is C10H11Cl2NO2. The average molecular weight is 248 g/mol. The Labute approximate surface area is 98.0 Å². The van der Waals surface area contributed by atoms with Gasteiger partial charge in [-0.2, -0.15) is 0 Å². The van der Waals surface area contributed by atoms with E-state index in [-0.39, 0.29) is 30.5 Å². The maximum Gasteiger partial charge on any atom is 0.221 e. The standard InChI is InChI=1S/C10H11Cl2NO2/c11-4-3-10(15)13-6-7-5-8(12)1-2-9(7)14/h1-2,5,14H,3-4,6H2,(H,13,15). The molecule has 2 N–H and O–H groups in total. The first kappa shape index (κ1) is 12.1. The summed E-state index contributed by atoms with van der Waals surface area (Å²) in [5, 5.41) is 12.6. The first-order chi connectivity index (χ1) is 7.13. The van der Waals surface area contributed by atoms with Crippen LogP contribution >= 0.6 is 23.2 Å². The minimum absolute atomic E-state index is 0.116. The van der Waals surface area contributed by atoms with Crippen molar-refractivity contribution >= 4 is 29.1 Å². The quantitative estimate of drug-likeness (QED) is 0.803. The summed E-state index contributed by atoms with van der Waals surface area (Å²) < 4.78 is 0. The van der Waals surface area contributed by atoms with Crippen molar-refractivity contribution in [2.45, 2.75) is 13.0 Å². The molecule has 0 aliphatic heterocycles. The third kappa shape index (κ3) is 3.98. The summed E-state index contributed by atoms with van der Waals surface area (Å²) in [5.74, 6) is 0.253. The van der Waals surface area contributed by atoms with Crippen LogP contribution in [0.5, 0.6) is 5.75 Å². The van der Waals surface area contributed by atoms with Crippen LogP contribution in [-0.2, 0) is 11.3 Å². The second-order valence-corrected chi connectivity index (χ2v) is 3.80. The molecule has 0 bridgehead atoms. The number of carbonyl (C=O) groups is 1. The van der Waals surface area contributed by atoms with Gasteiger partial charge in [0.05, 0.1) is 0 Å². The predicted molar refractivity (Wildman–Crippen MR) is 60.3 cm³/mol. The van der Waals surface area contributed by atoms with Crippen molar-refractivity contribution in [3.05, 3.63) is 28.8 Å². The number of hydrogen-bond acceptors (Lipinski definition) is 2. The van der Waals surface area contributed by atoms with Crippen LogP contribution in [0.4, 0.5) is 0 Å². The van der Waals surface area contributed by atoms with Gasteiger partial charge in [0, 0.05) is 29.4 Å². The number of alkyl halides is 1. The molecule has 5 heteroatoms. The summed E-state index contributed by atoms with van der Waals surface area (Å²) in [7, 11) is 0. The van der Waals surface area contributed by atoms with E-state index in [2.05, 4.69) is 5.32 Å². The minimum atomic E-state index is -0.149. The van der Waals surface area contributed by atoms with Gasteiger partial charge in [0.1, 0.15) is 5.75 Å². The molecule has 1 rings (SSSR count). The summed E-state index contributed by atoms with van der Waals surface area (Å²) in [4.78, 5) is 11.1. The van der Waals surface area contributed by atoms with E-state index in [9.17, 15) is 9.90 Å². The molecule has 1 aromatic carbocycles. The Morgan fingerprint density at radius 3 is 2.87 bits per heavy atom. The van der Waals surface area contributed by atoms with E-state index >= 15 is 0 Å². The number of halogens is 2. The fourth-order valence-corrected chi connectivity index (χ4v) is 1.43. The molecule has 0 aliphatic carbocycles. The van der Waals surface area contributed by atoms with E-state index in [0.29, 0.717) is 10.6 Å². The zero-order valence-electron chi connectivity index (χ0n) is 7.96. The molecule has 15 heavy (non-hydrogen) atoms. The van der Waals surface area contributed by atoms with Gasteiger partial charge in [-0.05, 0) is 18.2 Å². The molecule has 0 spiro atoms. The van der Waals surface area contributed by atoms with Gasteiger partial charge >= 0.3 is 0 Å². The maximum atomic E-state index is 11.1. The lowest BCUT2D eigenvalue weighted by molar-refractivity contribution is -0.120. The highest BCUT2D eigenvalue weighted by Crippen LogP contribution is 2.20. The number of carbonyl (C=O) groups excluding carboxylic acids is 1. The van der Waals surface area contributed by atoms with Gasteiger partial charge in [-0.15, -0.1) is 11.6 Å². The summed E-state index contributed by atoms with van der Waals surface area (Å²) in [6.07, 6.45) is 0.267. The van der Waals surface area contributed by atoms with Gasteiger partial charge in [0.15, 0.2) is 0 Å². The molecule has 0 unspecified atom stereocenters.